The normalized spacial score (nSPS) is 11.8. The maximum atomic E-state index is 12.2. The molecule has 1 amide bonds. The van der Waals surface area contributed by atoms with Crippen molar-refractivity contribution >= 4 is 39.8 Å². The largest absolute Gasteiger partial charge is 0.302 e. The fourth-order valence-corrected chi connectivity index (χ4v) is 4.11. The van der Waals surface area contributed by atoms with Gasteiger partial charge in [-0.2, -0.15) is 5.10 Å². The first-order chi connectivity index (χ1) is 14.8. The number of hydrogen-bond acceptors (Lipinski definition) is 5. The highest BCUT2D eigenvalue weighted by molar-refractivity contribution is 9.10. The molecule has 1 N–H and O–H groups in total. The molecule has 0 saturated heterocycles. The van der Waals surface area contributed by atoms with Crippen LogP contribution in [0.4, 0.5) is 0 Å². The highest BCUT2D eigenvalue weighted by Gasteiger charge is 2.17. The molecular weight excluding hydrogens is 474 g/mol. The third-order valence-electron chi connectivity index (χ3n) is 4.67. The number of benzene rings is 2. The molecule has 0 unspecified atom stereocenters. The number of halogens is 1. The van der Waals surface area contributed by atoms with Gasteiger partial charge in [-0.15, -0.1) is 10.2 Å². The molecule has 6 nitrogen and oxygen atoms in total. The van der Waals surface area contributed by atoms with E-state index in [1.807, 2.05) is 35.8 Å². The van der Waals surface area contributed by atoms with Crippen LogP contribution in [-0.4, -0.2) is 32.6 Å². The second-order valence-electron chi connectivity index (χ2n) is 7.98. The van der Waals surface area contributed by atoms with Crippen LogP contribution in [0.5, 0.6) is 0 Å². The molecule has 0 aliphatic heterocycles. The van der Waals surface area contributed by atoms with Crippen LogP contribution in [0.2, 0.25) is 0 Å². The molecule has 162 valence electrons. The number of nitrogens with one attached hydrogen (secondary N) is 1. The van der Waals surface area contributed by atoms with Gasteiger partial charge in [0, 0.05) is 22.1 Å². The van der Waals surface area contributed by atoms with E-state index in [2.05, 4.69) is 81.7 Å². The summed E-state index contributed by atoms with van der Waals surface area (Å²) >= 11 is 4.80. The average Bonchev–Trinajstić information content (AvgIpc) is 3.16. The summed E-state index contributed by atoms with van der Waals surface area (Å²) in [6.07, 6.45) is 1.61. The molecular formula is C23H26BrN5OS. The molecule has 0 bridgehead atoms. The minimum Gasteiger partial charge on any atom is -0.302 e. The standard InChI is InChI=1S/C23H26BrN5OS/c1-5-29-21(16-10-12-18(13-11-16)23(2,3)4)27-28-22(29)31-15-20(30)26-25-14-17-8-6-7-9-19(17)24/h6-14H,5,15H2,1-4H3,(H,26,30). The zero-order valence-corrected chi connectivity index (χ0v) is 20.5. The molecule has 0 radical (unpaired) electrons. The Morgan fingerprint density at radius 2 is 1.87 bits per heavy atom. The monoisotopic (exact) mass is 499 g/mol. The zero-order valence-electron chi connectivity index (χ0n) is 18.1. The van der Waals surface area contributed by atoms with Crippen molar-refractivity contribution < 1.29 is 4.79 Å². The maximum Gasteiger partial charge on any atom is 0.250 e. The second kappa shape index (κ2) is 10.2. The van der Waals surface area contributed by atoms with Crippen LogP contribution in [0.15, 0.2) is 63.3 Å². The Labute approximate surface area is 195 Å². The van der Waals surface area contributed by atoms with E-state index in [4.69, 9.17) is 0 Å². The summed E-state index contributed by atoms with van der Waals surface area (Å²) in [5.41, 5.74) is 5.83. The number of amides is 1. The lowest BCUT2D eigenvalue weighted by Crippen LogP contribution is -2.20. The second-order valence-corrected chi connectivity index (χ2v) is 9.78. The number of thioether (sulfide) groups is 1. The van der Waals surface area contributed by atoms with Crippen molar-refractivity contribution in [2.75, 3.05) is 5.75 Å². The van der Waals surface area contributed by atoms with E-state index in [-0.39, 0.29) is 17.1 Å². The van der Waals surface area contributed by atoms with Crippen molar-refractivity contribution in [3.8, 4) is 11.4 Å². The van der Waals surface area contributed by atoms with Gasteiger partial charge in [0.15, 0.2) is 11.0 Å². The quantitative estimate of drug-likeness (QED) is 0.273. The van der Waals surface area contributed by atoms with Crippen molar-refractivity contribution in [3.63, 3.8) is 0 Å². The number of aromatic nitrogens is 3. The molecule has 3 rings (SSSR count). The van der Waals surface area contributed by atoms with Crippen LogP contribution in [0.1, 0.15) is 38.8 Å². The maximum absolute atomic E-state index is 12.2. The molecule has 8 heteroatoms. The first-order valence-corrected chi connectivity index (χ1v) is 11.8. The summed E-state index contributed by atoms with van der Waals surface area (Å²) in [6.45, 7) is 9.34. The van der Waals surface area contributed by atoms with Gasteiger partial charge in [0.2, 0.25) is 0 Å². The summed E-state index contributed by atoms with van der Waals surface area (Å²) in [4.78, 5) is 12.2. The van der Waals surface area contributed by atoms with Gasteiger partial charge >= 0.3 is 0 Å². The number of carbonyl (C=O) groups excluding carboxylic acids is 1. The van der Waals surface area contributed by atoms with Gasteiger partial charge in [-0.3, -0.25) is 4.79 Å². The smallest absolute Gasteiger partial charge is 0.250 e. The molecule has 0 aliphatic carbocycles. The van der Waals surface area contributed by atoms with E-state index in [9.17, 15) is 4.79 Å². The lowest BCUT2D eigenvalue weighted by atomic mass is 9.87. The van der Waals surface area contributed by atoms with E-state index in [1.54, 1.807) is 6.21 Å². The van der Waals surface area contributed by atoms with Crippen molar-refractivity contribution in [2.24, 2.45) is 5.10 Å². The Morgan fingerprint density at radius 1 is 1.16 bits per heavy atom. The third kappa shape index (κ3) is 6.04. The molecule has 0 saturated carbocycles. The summed E-state index contributed by atoms with van der Waals surface area (Å²) in [5, 5.41) is 13.4. The molecule has 0 fully saturated rings. The lowest BCUT2D eigenvalue weighted by Gasteiger charge is -2.19. The molecule has 1 aromatic heterocycles. The number of carbonyl (C=O) groups is 1. The third-order valence-corrected chi connectivity index (χ3v) is 6.36. The first kappa shape index (κ1) is 23.2. The predicted octanol–water partition coefficient (Wildman–Crippen LogP) is 5.27. The van der Waals surface area contributed by atoms with Gasteiger partial charge in [0.05, 0.1) is 12.0 Å². The Kier molecular flexibility index (Phi) is 7.67. The molecule has 2 aromatic carbocycles. The minimum atomic E-state index is -0.199. The number of rotatable bonds is 7. The molecule has 0 atom stereocenters. The number of hydrogen-bond donors (Lipinski definition) is 1. The first-order valence-electron chi connectivity index (χ1n) is 10.0. The van der Waals surface area contributed by atoms with Crippen molar-refractivity contribution in [3.05, 3.63) is 64.1 Å². The van der Waals surface area contributed by atoms with Crippen molar-refractivity contribution in [1.82, 2.24) is 20.2 Å². The Hall–Kier alpha value is -2.45. The van der Waals surface area contributed by atoms with E-state index < -0.39 is 0 Å². The van der Waals surface area contributed by atoms with Crippen molar-refractivity contribution in [2.45, 2.75) is 44.8 Å². The number of hydrazone groups is 1. The summed E-state index contributed by atoms with van der Waals surface area (Å²) in [6, 6.07) is 16.1. The van der Waals surface area contributed by atoms with Gasteiger partial charge in [-0.1, -0.05) is 90.9 Å². The highest BCUT2D eigenvalue weighted by Crippen LogP contribution is 2.27. The molecule has 0 spiro atoms. The van der Waals surface area contributed by atoms with Crippen molar-refractivity contribution in [1.29, 1.82) is 0 Å². The predicted molar refractivity (Wildman–Crippen MR) is 130 cm³/mol. The van der Waals surface area contributed by atoms with Gasteiger partial charge in [0.1, 0.15) is 0 Å². The van der Waals surface area contributed by atoms with Crippen LogP contribution in [0.25, 0.3) is 11.4 Å². The Balaban J connectivity index is 1.63. The van der Waals surface area contributed by atoms with E-state index in [0.29, 0.717) is 11.7 Å². The fourth-order valence-electron chi connectivity index (χ4n) is 2.93. The Bertz CT molecular complexity index is 1070. The van der Waals surface area contributed by atoms with E-state index in [0.717, 1.165) is 21.4 Å². The van der Waals surface area contributed by atoms with Gasteiger partial charge in [-0.25, -0.2) is 5.43 Å². The van der Waals surface area contributed by atoms with Crippen LogP contribution in [0, 0.1) is 0 Å². The molecule has 31 heavy (non-hydrogen) atoms. The highest BCUT2D eigenvalue weighted by atomic mass is 79.9. The van der Waals surface area contributed by atoms with E-state index in [1.165, 1.54) is 17.3 Å². The van der Waals surface area contributed by atoms with Gasteiger partial charge in [-0.05, 0) is 24.0 Å². The van der Waals surface area contributed by atoms with Gasteiger partial charge < -0.3 is 4.57 Å². The van der Waals surface area contributed by atoms with Crippen LogP contribution in [0.3, 0.4) is 0 Å². The van der Waals surface area contributed by atoms with Crippen LogP contribution in [-0.2, 0) is 16.8 Å². The Morgan fingerprint density at radius 3 is 2.52 bits per heavy atom. The SMILES string of the molecule is CCn1c(SCC(=O)NN=Cc2ccccc2Br)nnc1-c1ccc(C(C)(C)C)cc1. The van der Waals surface area contributed by atoms with Crippen LogP contribution >= 0.6 is 27.7 Å². The van der Waals surface area contributed by atoms with Crippen LogP contribution < -0.4 is 5.43 Å². The lowest BCUT2D eigenvalue weighted by molar-refractivity contribution is -0.118. The average molecular weight is 500 g/mol. The molecule has 0 aliphatic rings. The molecule has 3 aromatic rings. The summed E-state index contributed by atoms with van der Waals surface area (Å²) in [5.74, 6) is 0.807. The fraction of sp³-hybridized carbons (Fsp3) is 0.304. The minimum absolute atomic E-state index is 0.102. The van der Waals surface area contributed by atoms with Gasteiger partial charge in [0.25, 0.3) is 5.91 Å². The van der Waals surface area contributed by atoms with E-state index >= 15 is 0 Å². The zero-order chi connectivity index (χ0) is 22.4. The molecule has 1 heterocycles. The topological polar surface area (TPSA) is 72.2 Å². The number of nitrogens with zero attached hydrogens (tertiary/aromatic N) is 4. The summed E-state index contributed by atoms with van der Waals surface area (Å²) in [7, 11) is 0. The summed E-state index contributed by atoms with van der Waals surface area (Å²) < 4.78 is 2.94.